The summed E-state index contributed by atoms with van der Waals surface area (Å²) < 4.78 is 115. The Morgan fingerprint density at radius 3 is 1.10 bits per heavy atom. The van der Waals surface area contributed by atoms with Crippen LogP contribution in [0.5, 0.6) is 0 Å². The van der Waals surface area contributed by atoms with Crippen molar-refractivity contribution in [1.29, 1.82) is 0 Å². The molecule has 6 aromatic carbocycles. The van der Waals surface area contributed by atoms with Crippen LogP contribution in [0.1, 0.15) is 66.8 Å². The number of aryl methyl sites for hydroxylation is 6. The Morgan fingerprint density at radius 1 is 0.433 bits per heavy atom. The van der Waals surface area contributed by atoms with Crippen LogP contribution in [-0.2, 0) is 52.2 Å². The average molecular weight is 1040 g/mol. The maximum absolute atomic E-state index is 12.9. The lowest BCUT2D eigenvalue weighted by Gasteiger charge is -2.20. The summed E-state index contributed by atoms with van der Waals surface area (Å²) in [4.78, 5) is 38.1. The van der Waals surface area contributed by atoms with Crippen LogP contribution < -0.4 is 15.1 Å². The fourth-order valence-electron chi connectivity index (χ4n) is 7.98. The number of nitrogens with zero attached hydrogens (tertiary/aromatic N) is 2. The molecule has 3 amide bonds. The number of rotatable bonds is 2. The molecule has 6 nitrogen and oxygen atoms in total. The lowest BCUT2D eigenvalue weighted by molar-refractivity contribution is -0.138. The van der Waals surface area contributed by atoms with Gasteiger partial charge in [-0.25, -0.2) is 0 Å². The molecule has 3 aliphatic rings. The molecule has 9 rings (SSSR count). The monoisotopic (exact) mass is 1040 g/mol. The van der Waals surface area contributed by atoms with Crippen molar-refractivity contribution in [1.82, 2.24) is 0 Å². The minimum absolute atomic E-state index is 0.125. The predicted octanol–water partition coefficient (Wildman–Crippen LogP) is 14.2. The molecule has 0 saturated carbocycles. The Labute approximate surface area is 394 Å². The normalized spacial score (nSPS) is 13.9. The molecule has 0 atom stereocenters. The van der Waals surface area contributed by atoms with E-state index in [4.69, 9.17) is 0 Å². The number of carbonyl (C=O) groups is 3. The van der Waals surface area contributed by atoms with Crippen molar-refractivity contribution in [2.24, 2.45) is 0 Å². The van der Waals surface area contributed by atoms with Crippen molar-refractivity contribution in [2.45, 2.75) is 79.3 Å². The van der Waals surface area contributed by atoms with Gasteiger partial charge in [0.1, 0.15) is 0 Å². The lowest BCUT2D eigenvalue weighted by atomic mass is 10.1. The van der Waals surface area contributed by atoms with Crippen molar-refractivity contribution in [3.05, 3.63) is 180 Å². The number of alkyl halides is 9. The van der Waals surface area contributed by atoms with E-state index in [2.05, 4.69) is 60.0 Å². The second kappa shape index (κ2) is 19.6. The number of hydrogen-bond donors (Lipinski definition) is 1. The maximum atomic E-state index is 12.9. The number of halogens is 10. The SMILES string of the molecule is Cc1cc(C)cc(I)c1.Cc1cc(C)cc(N2C(=O)Cc3ccc(C(F)(F)F)cc32)c1.Cc1cc(C)cc(N2C(=O)Cc3ccc(C(F)(F)F)cc32)c1.O=C1Cc2ccc(C(F)(F)F)cc2N1. The van der Waals surface area contributed by atoms with Gasteiger partial charge in [-0.3, -0.25) is 24.2 Å². The molecule has 67 heavy (non-hydrogen) atoms. The van der Waals surface area contributed by atoms with Crippen molar-refractivity contribution in [3.63, 3.8) is 0 Å². The highest BCUT2D eigenvalue weighted by molar-refractivity contribution is 14.1. The third kappa shape index (κ3) is 12.4. The Balaban J connectivity index is 0.000000155. The molecule has 0 bridgehead atoms. The smallest absolute Gasteiger partial charge is 0.326 e. The van der Waals surface area contributed by atoms with Crippen molar-refractivity contribution >= 4 is 68.7 Å². The molecule has 0 unspecified atom stereocenters. The Bertz CT molecular complexity index is 2670. The zero-order valence-electron chi connectivity index (χ0n) is 36.9. The van der Waals surface area contributed by atoms with Crippen molar-refractivity contribution < 1.29 is 53.9 Å². The molecule has 3 aliphatic heterocycles. The van der Waals surface area contributed by atoms with Crippen molar-refractivity contribution in [3.8, 4) is 0 Å². The van der Waals surface area contributed by atoms with Gasteiger partial charge in [-0.2, -0.15) is 39.5 Å². The summed E-state index contributed by atoms with van der Waals surface area (Å²) in [7, 11) is 0. The second-order valence-electron chi connectivity index (χ2n) is 16.6. The average Bonchev–Trinajstić information content (AvgIpc) is 3.85. The fourth-order valence-corrected chi connectivity index (χ4v) is 8.97. The molecule has 1 N–H and O–H groups in total. The van der Waals surface area contributed by atoms with Crippen molar-refractivity contribution in [2.75, 3.05) is 15.1 Å². The number of amides is 3. The van der Waals surface area contributed by atoms with E-state index in [1.54, 1.807) is 24.3 Å². The molecular formula is C51H43F9IN3O3. The molecule has 0 fully saturated rings. The standard InChI is InChI=1S/2C17H14F3NO.C9H6F3NO.C8H9I/c2*1-10-5-11(2)7-14(6-10)21-15-9-13(17(18,19)20)4-3-12(15)8-16(21)22;10-9(11,12)6-2-1-5-3-8(14)13-7(5)4-6;1-6-3-7(2)5-8(9)4-6/h2*3-7,9H,8H2,1-2H3;1-2,4H,3H2,(H,13,14);3-5H,1-2H3. The van der Waals surface area contributed by atoms with Crippen LogP contribution in [0.4, 0.5) is 68.0 Å². The van der Waals surface area contributed by atoms with Gasteiger partial charge in [0.2, 0.25) is 17.7 Å². The van der Waals surface area contributed by atoms with Gasteiger partial charge < -0.3 is 5.32 Å². The highest BCUT2D eigenvalue weighted by Crippen LogP contribution is 2.42. The van der Waals surface area contributed by atoms with Gasteiger partial charge in [-0.15, -0.1) is 0 Å². The fraction of sp³-hybridized carbons (Fsp3) is 0.235. The van der Waals surface area contributed by atoms with E-state index >= 15 is 0 Å². The molecule has 0 aromatic heterocycles. The molecule has 3 heterocycles. The molecule has 350 valence electrons. The summed E-state index contributed by atoms with van der Waals surface area (Å²) in [6, 6.07) is 27.9. The number of hydrogen-bond acceptors (Lipinski definition) is 3. The molecule has 0 saturated heterocycles. The summed E-state index contributed by atoms with van der Waals surface area (Å²) in [5.41, 5.74) is 8.32. The van der Waals surface area contributed by atoms with E-state index in [1.807, 2.05) is 39.8 Å². The summed E-state index contributed by atoms with van der Waals surface area (Å²) >= 11 is 2.33. The van der Waals surface area contributed by atoms with Crippen LogP contribution in [0.15, 0.2) is 109 Å². The first kappa shape index (κ1) is 50.2. The Kier molecular flexibility index (Phi) is 14.7. The Hall–Kier alpha value is -6.17. The molecule has 0 aliphatic carbocycles. The molecule has 16 heteroatoms. The number of benzene rings is 6. The minimum Gasteiger partial charge on any atom is -0.326 e. The van der Waals surface area contributed by atoms with Crippen LogP contribution in [0, 0.1) is 45.1 Å². The van der Waals surface area contributed by atoms with E-state index in [0.717, 1.165) is 58.7 Å². The van der Waals surface area contributed by atoms with Gasteiger partial charge in [-0.05, 0) is 187 Å². The van der Waals surface area contributed by atoms with Crippen LogP contribution in [-0.4, -0.2) is 17.7 Å². The first-order valence-corrected chi connectivity index (χ1v) is 21.7. The number of anilines is 5. The lowest BCUT2D eigenvalue weighted by Crippen LogP contribution is -2.21. The van der Waals surface area contributed by atoms with Crippen LogP contribution in [0.2, 0.25) is 0 Å². The zero-order chi connectivity index (χ0) is 49.3. The summed E-state index contributed by atoms with van der Waals surface area (Å²) in [5.74, 6) is -0.682. The topological polar surface area (TPSA) is 69.7 Å². The number of carbonyl (C=O) groups excluding carboxylic acids is 3. The number of nitrogens with one attached hydrogen (secondary N) is 1. The van der Waals surface area contributed by atoms with Gasteiger partial charge in [0, 0.05) is 20.6 Å². The van der Waals surface area contributed by atoms with Crippen LogP contribution in [0.3, 0.4) is 0 Å². The third-order valence-electron chi connectivity index (χ3n) is 10.7. The van der Waals surface area contributed by atoms with E-state index in [9.17, 15) is 53.9 Å². The van der Waals surface area contributed by atoms with E-state index < -0.39 is 35.2 Å². The first-order valence-electron chi connectivity index (χ1n) is 20.6. The largest absolute Gasteiger partial charge is 0.416 e. The minimum atomic E-state index is -4.42. The number of fused-ring (bicyclic) bond motifs is 3. The van der Waals surface area contributed by atoms with Gasteiger partial charge in [0.15, 0.2) is 0 Å². The summed E-state index contributed by atoms with van der Waals surface area (Å²) in [5, 5.41) is 2.37. The Morgan fingerprint density at radius 2 is 0.761 bits per heavy atom. The van der Waals surface area contributed by atoms with E-state index in [-0.39, 0.29) is 42.7 Å². The quantitative estimate of drug-likeness (QED) is 0.139. The highest BCUT2D eigenvalue weighted by Gasteiger charge is 2.37. The van der Waals surface area contributed by atoms with Crippen LogP contribution >= 0.6 is 22.6 Å². The molecule has 6 aromatic rings. The van der Waals surface area contributed by atoms with E-state index in [0.29, 0.717) is 39.4 Å². The van der Waals surface area contributed by atoms with E-state index in [1.165, 1.54) is 42.7 Å². The van der Waals surface area contributed by atoms with Gasteiger partial charge in [0.05, 0.1) is 47.3 Å². The zero-order valence-corrected chi connectivity index (χ0v) is 39.1. The summed E-state index contributed by atoms with van der Waals surface area (Å²) in [6.45, 7) is 11.8. The maximum Gasteiger partial charge on any atom is 0.416 e. The first-order chi connectivity index (χ1) is 31.2. The summed E-state index contributed by atoms with van der Waals surface area (Å²) in [6.07, 6.45) is -12.8. The molecule has 0 spiro atoms. The molecule has 0 radical (unpaired) electrons. The van der Waals surface area contributed by atoms with Gasteiger partial charge in [-0.1, -0.05) is 36.4 Å². The van der Waals surface area contributed by atoms with Gasteiger partial charge in [0.25, 0.3) is 0 Å². The third-order valence-corrected chi connectivity index (χ3v) is 11.3. The van der Waals surface area contributed by atoms with Gasteiger partial charge >= 0.3 is 18.5 Å². The highest BCUT2D eigenvalue weighted by atomic mass is 127. The van der Waals surface area contributed by atoms with Crippen LogP contribution in [0.25, 0.3) is 0 Å². The molecular weight excluding hydrogens is 1000 g/mol. The predicted molar refractivity (Wildman–Crippen MR) is 249 cm³/mol. The second-order valence-corrected chi connectivity index (χ2v) is 17.8.